The lowest BCUT2D eigenvalue weighted by Gasteiger charge is -2.15. The van der Waals surface area contributed by atoms with Crippen LogP contribution in [0.5, 0.6) is 0 Å². The highest BCUT2D eigenvalue weighted by atomic mass is 35.5. The average molecular weight is 577 g/mol. The van der Waals surface area contributed by atoms with Crippen molar-refractivity contribution >= 4 is 23.4 Å². The second-order valence-corrected chi connectivity index (χ2v) is 9.62. The summed E-state index contributed by atoms with van der Waals surface area (Å²) >= 11 is 5.63. The van der Waals surface area contributed by atoms with Crippen molar-refractivity contribution in [2.45, 2.75) is 76.3 Å². The average Bonchev–Trinajstić information content (AvgIpc) is 3.29. The Morgan fingerprint density at radius 2 is 1.72 bits per heavy atom. The number of H-pyrrole nitrogens is 1. The summed E-state index contributed by atoms with van der Waals surface area (Å²) in [4.78, 5) is 50.6. The van der Waals surface area contributed by atoms with Gasteiger partial charge in [0.15, 0.2) is 0 Å². The second-order valence-electron chi connectivity index (χ2n) is 9.24. The van der Waals surface area contributed by atoms with Crippen LogP contribution in [0.3, 0.4) is 0 Å². The largest absolute Gasteiger partial charge is 0.394 e. The molecule has 0 radical (unpaired) electrons. The summed E-state index contributed by atoms with van der Waals surface area (Å²) in [6.45, 7) is 1.86. The quantitative estimate of drug-likeness (QED) is 0.105. The lowest BCUT2D eigenvalue weighted by atomic mass is 10.2. The molecule has 0 spiro atoms. The standard InChI is InChI=1S/C25H41ClN4O9/c26-8-3-1-2-4-10-37-12-13-38-11-9-27-21(33)6-5-7-22(34)28-15-18-16-30(25(36)29-24(18)35)23-14-19(32)20(17-31)39-23/h16,19-20,23,31-32H,1-15,17H2,(H,27,33)(H,28,34)(H,29,35,36)/t19?,20-,23-/m1/s1. The summed E-state index contributed by atoms with van der Waals surface area (Å²) in [5.41, 5.74) is -1.25. The summed E-state index contributed by atoms with van der Waals surface area (Å²) < 4.78 is 17.5. The van der Waals surface area contributed by atoms with Crippen molar-refractivity contribution in [3.8, 4) is 0 Å². The Balaban J connectivity index is 1.56. The van der Waals surface area contributed by atoms with Crippen molar-refractivity contribution in [1.29, 1.82) is 0 Å². The Bertz CT molecular complexity index is 987. The van der Waals surface area contributed by atoms with Gasteiger partial charge in [0.25, 0.3) is 5.56 Å². The van der Waals surface area contributed by atoms with Gasteiger partial charge in [0, 0.05) is 51.0 Å². The molecule has 1 aromatic rings. The zero-order valence-corrected chi connectivity index (χ0v) is 23.0. The van der Waals surface area contributed by atoms with E-state index in [1.165, 1.54) is 6.20 Å². The number of rotatable bonds is 20. The Morgan fingerprint density at radius 3 is 2.41 bits per heavy atom. The molecule has 0 aliphatic carbocycles. The highest BCUT2D eigenvalue weighted by Gasteiger charge is 2.35. The summed E-state index contributed by atoms with van der Waals surface area (Å²) in [5, 5.41) is 24.5. The van der Waals surface area contributed by atoms with E-state index in [1.54, 1.807) is 0 Å². The molecule has 1 saturated heterocycles. The number of unbranched alkanes of at least 4 members (excludes halogenated alkanes) is 3. The molecule has 2 amide bonds. The van der Waals surface area contributed by atoms with Crippen molar-refractivity contribution in [1.82, 2.24) is 20.2 Å². The van der Waals surface area contributed by atoms with Crippen LogP contribution in [0.1, 0.15) is 63.2 Å². The van der Waals surface area contributed by atoms with Crippen LogP contribution in [0.4, 0.5) is 0 Å². The fourth-order valence-corrected chi connectivity index (χ4v) is 4.12. The van der Waals surface area contributed by atoms with Crippen molar-refractivity contribution in [3.05, 3.63) is 32.6 Å². The summed E-state index contributed by atoms with van der Waals surface area (Å²) in [6, 6.07) is 0. The molecule has 14 heteroatoms. The first-order valence-corrected chi connectivity index (χ1v) is 13.9. The monoisotopic (exact) mass is 576 g/mol. The molecule has 2 heterocycles. The number of aliphatic hydroxyl groups is 2. The zero-order valence-electron chi connectivity index (χ0n) is 22.2. The number of nitrogens with zero attached hydrogens (tertiary/aromatic N) is 1. The van der Waals surface area contributed by atoms with Crippen LogP contribution in [-0.4, -0.2) is 89.2 Å². The third kappa shape index (κ3) is 12.6. The molecule has 0 saturated carbocycles. The molecular formula is C25H41ClN4O9. The first-order valence-electron chi connectivity index (χ1n) is 13.4. The van der Waals surface area contributed by atoms with E-state index in [0.717, 1.165) is 30.3 Å². The number of nitrogens with one attached hydrogen (secondary N) is 3. The van der Waals surface area contributed by atoms with Gasteiger partial charge in [-0.15, -0.1) is 11.6 Å². The molecule has 3 atom stereocenters. The van der Waals surface area contributed by atoms with E-state index < -0.39 is 36.3 Å². The number of amides is 2. The summed E-state index contributed by atoms with van der Waals surface area (Å²) in [7, 11) is 0. The Kier molecular flexibility index (Phi) is 16.0. The number of aromatic amines is 1. The van der Waals surface area contributed by atoms with E-state index in [1.807, 2.05) is 0 Å². The Labute approximate surface area is 232 Å². The van der Waals surface area contributed by atoms with Gasteiger partial charge in [-0.05, 0) is 19.3 Å². The third-order valence-electron chi connectivity index (χ3n) is 6.13. The van der Waals surface area contributed by atoms with Crippen molar-refractivity contribution in [3.63, 3.8) is 0 Å². The maximum Gasteiger partial charge on any atom is 0.330 e. The molecule has 1 unspecified atom stereocenters. The maximum absolute atomic E-state index is 12.2. The first kappa shape index (κ1) is 32.9. The molecule has 1 aromatic heterocycles. The van der Waals surface area contributed by atoms with E-state index in [2.05, 4.69) is 15.6 Å². The van der Waals surface area contributed by atoms with Crippen LogP contribution in [0.15, 0.2) is 15.8 Å². The number of halogens is 1. The van der Waals surface area contributed by atoms with Gasteiger partial charge in [-0.3, -0.25) is 23.9 Å². The van der Waals surface area contributed by atoms with Gasteiger partial charge >= 0.3 is 5.69 Å². The molecule has 1 aliphatic rings. The van der Waals surface area contributed by atoms with Crippen LogP contribution in [-0.2, 0) is 30.3 Å². The predicted octanol–water partition coefficient (Wildman–Crippen LogP) is -0.0876. The number of ether oxygens (including phenoxy) is 3. The van der Waals surface area contributed by atoms with Crippen molar-refractivity contribution < 1.29 is 34.0 Å². The van der Waals surface area contributed by atoms with Crippen molar-refractivity contribution in [2.75, 3.05) is 45.5 Å². The molecule has 39 heavy (non-hydrogen) atoms. The Morgan fingerprint density at radius 1 is 1.03 bits per heavy atom. The molecule has 0 bridgehead atoms. The molecule has 5 N–H and O–H groups in total. The minimum absolute atomic E-state index is 0.0711. The van der Waals surface area contributed by atoms with E-state index in [0.29, 0.717) is 45.3 Å². The Hall–Kier alpha value is -2.29. The minimum atomic E-state index is -0.946. The molecule has 1 aliphatic heterocycles. The highest BCUT2D eigenvalue weighted by molar-refractivity contribution is 6.17. The van der Waals surface area contributed by atoms with E-state index in [-0.39, 0.29) is 43.2 Å². The predicted molar refractivity (Wildman–Crippen MR) is 142 cm³/mol. The van der Waals surface area contributed by atoms with Crippen LogP contribution in [0, 0.1) is 0 Å². The summed E-state index contributed by atoms with van der Waals surface area (Å²) in [6.07, 6.45) is 3.54. The normalized spacial score (nSPS) is 18.8. The van der Waals surface area contributed by atoms with Gasteiger partial charge in [-0.2, -0.15) is 0 Å². The second kappa shape index (κ2) is 18.9. The summed E-state index contributed by atoms with van der Waals surface area (Å²) in [5.74, 6) is 0.155. The number of aliphatic hydroxyl groups excluding tert-OH is 2. The number of carbonyl (C=O) groups is 2. The third-order valence-corrected chi connectivity index (χ3v) is 6.40. The van der Waals surface area contributed by atoms with E-state index in [4.69, 9.17) is 25.8 Å². The SMILES string of the molecule is O=C(CCCC(=O)NCc1cn([C@H]2CC(O)[C@@H](CO)O2)c(=O)[nH]c1=O)NCCOCCOCCCCCCCl. The van der Waals surface area contributed by atoms with E-state index >= 15 is 0 Å². The molecule has 0 aromatic carbocycles. The number of alkyl halides is 1. The zero-order chi connectivity index (χ0) is 28.5. The smallest absolute Gasteiger partial charge is 0.330 e. The van der Waals surface area contributed by atoms with Crippen LogP contribution in [0.25, 0.3) is 0 Å². The van der Waals surface area contributed by atoms with Gasteiger partial charge in [-0.25, -0.2) is 4.79 Å². The van der Waals surface area contributed by atoms with Gasteiger partial charge in [0.1, 0.15) is 12.3 Å². The fraction of sp³-hybridized carbons (Fsp3) is 0.760. The van der Waals surface area contributed by atoms with Gasteiger partial charge < -0.3 is 35.1 Å². The highest BCUT2D eigenvalue weighted by Crippen LogP contribution is 2.27. The van der Waals surface area contributed by atoms with Crippen LogP contribution >= 0.6 is 11.6 Å². The van der Waals surface area contributed by atoms with Gasteiger partial charge in [-0.1, -0.05) is 12.8 Å². The first-order chi connectivity index (χ1) is 18.8. The lowest BCUT2D eigenvalue weighted by Crippen LogP contribution is -2.36. The lowest BCUT2D eigenvalue weighted by molar-refractivity contribution is -0.122. The van der Waals surface area contributed by atoms with Gasteiger partial charge in [0.05, 0.1) is 38.1 Å². The number of carbonyl (C=O) groups excluding carboxylic acids is 2. The fourth-order valence-electron chi connectivity index (χ4n) is 3.93. The molecule has 13 nitrogen and oxygen atoms in total. The van der Waals surface area contributed by atoms with Crippen molar-refractivity contribution in [2.24, 2.45) is 0 Å². The molecular weight excluding hydrogens is 536 g/mol. The minimum Gasteiger partial charge on any atom is -0.394 e. The number of hydrogen-bond acceptors (Lipinski definition) is 9. The number of aromatic nitrogens is 2. The topological polar surface area (TPSA) is 181 Å². The van der Waals surface area contributed by atoms with Crippen LogP contribution < -0.4 is 21.9 Å². The molecule has 2 rings (SSSR count). The van der Waals surface area contributed by atoms with E-state index in [9.17, 15) is 29.4 Å². The molecule has 1 fully saturated rings. The number of hydrogen-bond donors (Lipinski definition) is 5. The van der Waals surface area contributed by atoms with Gasteiger partial charge in [0.2, 0.25) is 11.8 Å². The molecule has 222 valence electrons. The maximum atomic E-state index is 12.2. The van der Waals surface area contributed by atoms with Crippen LogP contribution in [0.2, 0.25) is 0 Å².